The molecule has 0 bridgehead atoms. The molecule has 0 amide bonds. The number of thiazole rings is 1. The Morgan fingerprint density at radius 2 is 1.96 bits per heavy atom. The Balaban J connectivity index is 0.00000676. The fourth-order valence-corrected chi connectivity index (χ4v) is 3.59. The molecule has 0 atom stereocenters. The highest BCUT2D eigenvalue weighted by molar-refractivity contribution is 14.0. The van der Waals surface area contributed by atoms with Crippen LogP contribution in [0.5, 0.6) is 0 Å². The lowest BCUT2D eigenvalue weighted by molar-refractivity contribution is -0.140. The van der Waals surface area contributed by atoms with Crippen molar-refractivity contribution in [3.8, 4) is 0 Å². The number of sulfonamides is 1. The van der Waals surface area contributed by atoms with E-state index in [-0.39, 0.29) is 29.7 Å². The minimum absolute atomic E-state index is 0. The third-order valence-corrected chi connectivity index (χ3v) is 6.25. The Hall–Kier alpha value is -0.670. The van der Waals surface area contributed by atoms with Crippen LogP contribution in [0.25, 0.3) is 0 Å². The molecule has 1 aromatic rings. The minimum Gasteiger partial charge on any atom is -0.356 e. The summed E-state index contributed by atoms with van der Waals surface area (Å²) in [4.78, 5) is 7.57. The maximum Gasteiger partial charge on any atom is 0.434 e. The fourth-order valence-electron chi connectivity index (χ4n) is 1.93. The van der Waals surface area contributed by atoms with Gasteiger partial charge in [-0.25, -0.2) is 17.7 Å². The van der Waals surface area contributed by atoms with Crippen molar-refractivity contribution in [2.45, 2.75) is 25.9 Å². The van der Waals surface area contributed by atoms with Gasteiger partial charge in [-0.3, -0.25) is 4.99 Å². The summed E-state index contributed by atoms with van der Waals surface area (Å²) >= 11 is 0.971. The molecule has 7 nitrogen and oxygen atoms in total. The fraction of sp³-hybridized carbons (Fsp3) is 0.714. The van der Waals surface area contributed by atoms with E-state index in [4.69, 9.17) is 0 Å². The van der Waals surface area contributed by atoms with Crippen LogP contribution in [0.1, 0.15) is 24.0 Å². The second-order valence-electron chi connectivity index (χ2n) is 5.38. The van der Waals surface area contributed by atoms with Gasteiger partial charge in [0.1, 0.15) is 0 Å². The Morgan fingerprint density at radius 1 is 1.33 bits per heavy atom. The number of guanidine groups is 1. The average Bonchev–Trinajstić information content (AvgIpc) is 3.05. The van der Waals surface area contributed by atoms with Gasteiger partial charge in [0, 0.05) is 45.5 Å². The summed E-state index contributed by atoms with van der Waals surface area (Å²) in [6, 6.07) is 0. The first-order valence-electron chi connectivity index (χ1n) is 8.00. The Morgan fingerprint density at radius 3 is 2.48 bits per heavy atom. The normalized spacial score (nSPS) is 12.8. The topological polar surface area (TPSA) is 86.7 Å². The van der Waals surface area contributed by atoms with Gasteiger partial charge in [0.15, 0.2) is 11.7 Å². The smallest absolute Gasteiger partial charge is 0.356 e. The molecule has 0 aliphatic rings. The number of nitrogens with one attached hydrogen (secondary N) is 2. The molecule has 27 heavy (non-hydrogen) atoms. The molecule has 0 saturated carbocycles. The molecule has 0 spiro atoms. The van der Waals surface area contributed by atoms with E-state index in [1.54, 1.807) is 14.0 Å². The predicted molar refractivity (Wildman–Crippen MR) is 112 cm³/mol. The third-order valence-electron chi connectivity index (χ3n) is 3.48. The molecule has 1 aromatic heterocycles. The zero-order valence-corrected chi connectivity index (χ0v) is 19.3. The maximum absolute atomic E-state index is 12.5. The highest BCUT2D eigenvalue weighted by atomic mass is 127. The van der Waals surface area contributed by atoms with Gasteiger partial charge < -0.3 is 10.6 Å². The number of nitrogens with zero attached hydrogens (tertiary/aromatic N) is 3. The summed E-state index contributed by atoms with van der Waals surface area (Å²) in [5, 5.41) is 7.42. The lowest BCUT2D eigenvalue weighted by Crippen LogP contribution is -2.39. The Bertz CT molecular complexity index is 695. The first kappa shape index (κ1) is 26.3. The molecule has 0 aromatic carbocycles. The van der Waals surface area contributed by atoms with Gasteiger partial charge in [0.2, 0.25) is 10.0 Å². The van der Waals surface area contributed by atoms with Crippen LogP contribution in [0.4, 0.5) is 13.2 Å². The summed E-state index contributed by atoms with van der Waals surface area (Å²) in [6.45, 7) is 2.88. The highest BCUT2D eigenvalue weighted by Gasteiger charge is 2.33. The number of aromatic nitrogens is 1. The number of hydrogen-bond acceptors (Lipinski definition) is 5. The van der Waals surface area contributed by atoms with Crippen LogP contribution >= 0.6 is 35.3 Å². The zero-order chi connectivity index (χ0) is 19.8. The number of hydrogen-bond donors (Lipinski definition) is 2. The van der Waals surface area contributed by atoms with E-state index in [2.05, 4.69) is 20.6 Å². The molecule has 1 rings (SSSR count). The van der Waals surface area contributed by atoms with E-state index in [1.807, 2.05) is 0 Å². The van der Waals surface area contributed by atoms with Crippen LogP contribution in [0.2, 0.25) is 0 Å². The summed E-state index contributed by atoms with van der Waals surface area (Å²) in [6.07, 6.45) is -3.48. The minimum atomic E-state index is -4.42. The van der Waals surface area contributed by atoms with Crippen LogP contribution < -0.4 is 10.6 Å². The lowest BCUT2D eigenvalue weighted by Gasteiger charge is -2.16. The van der Waals surface area contributed by atoms with Gasteiger partial charge in [-0.15, -0.1) is 35.3 Å². The second-order valence-corrected chi connectivity index (χ2v) is 8.68. The maximum atomic E-state index is 12.5. The largest absolute Gasteiger partial charge is 0.434 e. The van der Waals surface area contributed by atoms with Crippen molar-refractivity contribution >= 4 is 51.3 Å². The van der Waals surface area contributed by atoms with Gasteiger partial charge >= 0.3 is 6.18 Å². The number of alkyl halides is 3. The zero-order valence-electron chi connectivity index (χ0n) is 15.3. The van der Waals surface area contributed by atoms with Gasteiger partial charge in [-0.1, -0.05) is 0 Å². The molecule has 1 heterocycles. The predicted octanol–water partition coefficient (Wildman–Crippen LogP) is 2.16. The van der Waals surface area contributed by atoms with Gasteiger partial charge in [-0.05, 0) is 13.3 Å². The van der Waals surface area contributed by atoms with Crippen LogP contribution in [-0.4, -0.2) is 63.1 Å². The van der Waals surface area contributed by atoms with E-state index >= 15 is 0 Å². The summed E-state index contributed by atoms with van der Waals surface area (Å²) in [5.74, 6) is 0.561. The molecule has 0 fully saturated rings. The molecule has 0 aliphatic heterocycles. The van der Waals surface area contributed by atoms with E-state index in [0.717, 1.165) is 16.7 Å². The molecule has 13 heteroatoms. The molecular weight excluding hydrogens is 518 g/mol. The van der Waals surface area contributed by atoms with Crippen molar-refractivity contribution < 1.29 is 21.6 Å². The van der Waals surface area contributed by atoms with E-state index in [9.17, 15) is 21.6 Å². The van der Waals surface area contributed by atoms with Crippen LogP contribution in [0.3, 0.4) is 0 Å². The molecule has 2 N–H and O–H groups in total. The number of halogens is 4. The Labute approximate surface area is 178 Å². The average molecular weight is 543 g/mol. The highest BCUT2D eigenvalue weighted by Crippen LogP contribution is 2.29. The molecule has 0 saturated heterocycles. The van der Waals surface area contributed by atoms with Crippen molar-refractivity contribution in [1.82, 2.24) is 19.9 Å². The first-order chi connectivity index (χ1) is 12.1. The van der Waals surface area contributed by atoms with Crippen LogP contribution in [-0.2, 0) is 22.6 Å². The van der Waals surface area contributed by atoms with Crippen molar-refractivity contribution in [3.63, 3.8) is 0 Å². The van der Waals surface area contributed by atoms with Crippen molar-refractivity contribution in [2.75, 3.05) is 39.5 Å². The lowest BCUT2D eigenvalue weighted by atomic mass is 10.4. The van der Waals surface area contributed by atoms with Crippen molar-refractivity contribution in [1.29, 1.82) is 0 Å². The summed E-state index contributed by atoms with van der Waals surface area (Å²) < 4.78 is 62.0. The number of aliphatic imine (C=N–C) groups is 1. The third kappa shape index (κ3) is 9.38. The van der Waals surface area contributed by atoms with E-state index < -0.39 is 21.9 Å². The van der Waals surface area contributed by atoms with Crippen molar-refractivity contribution in [3.05, 3.63) is 16.1 Å². The molecule has 0 radical (unpaired) electrons. The van der Waals surface area contributed by atoms with Crippen LogP contribution in [0.15, 0.2) is 10.4 Å². The number of rotatable bonds is 9. The molecule has 158 valence electrons. The van der Waals surface area contributed by atoms with Gasteiger partial charge in [0.25, 0.3) is 0 Å². The molecular formula is C14H25F3IN5O2S2. The van der Waals surface area contributed by atoms with Gasteiger partial charge in [0.05, 0.1) is 10.8 Å². The van der Waals surface area contributed by atoms with E-state index in [0.29, 0.717) is 43.4 Å². The van der Waals surface area contributed by atoms with E-state index in [1.165, 1.54) is 11.4 Å². The Kier molecular flexibility index (Phi) is 11.7. The SMILES string of the molecule is CCS(=O)(=O)N(C)CCCNC(=NC)NCCc1nc(C(F)(F)F)cs1.I. The quantitative estimate of drug-likeness (QED) is 0.216. The standard InChI is InChI=1S/C14H24F3N5O2S2.HI/c1-4-26(23,24)22(3)9-5-7-19-13(18-2)20-8-6-12-21-11(10-25-12)14(15,16)17;/h10H,4-9H2,1-3H3,(H2,18,19,20);1H. The van der Waals surface area contributed by atoms with Gasteiger partial charge in [-0.2, -0.15) is 13.2 Å². The van der Waals surface area contributed by atoms with Crippen molar-refractivity contribution in [2.24, 2.45) is 4.99 Å². The summed E-state index contributed by atoms with van der Waals surface area (Å²) in [7, 11) is -0.0697. The summed E-state index contributed by atoms with van der Waals surface area (Å²) in [5.41, 5.74) is -0.869. The molecule has 0 aliphatic carbocycles. The second kappa shape index (κ2) is 12.0. The first-order valence-corrected chi connectivity index (χ1v) is 10.5. The van der Waals surface area contributed by atoms with Crippen LogP contribution in [0, 0.1) is 0 Å². The molecule has 0 unspecified atom stereocenters. The monoisotopic (exact) mass is 543 g/mol.